The van der Waals surface area contributed by atoms with E-state index in [1.807, 2.05) is 0 Å². The first-order chi connectivity index (χ1) is 20.1. The Morgan fingerprint density at radius 3 is 1.76 bits per heavy atom. The van der Waals surface area contributed by atoms with E-state index in [9.17, 15) is 34.6 Å². The third kappa shape index (κ3) is 7.35. The highest BCUT2D eigenvalue weighted by Crippen LogP contribution is 2.41. The highest BCUT2D eigenvalue weighted by molar-refractivity contribution is 6.30. The fourth-order valence-corrected chi connectivity index (χ4v) is 4.01. The van der Waals surface area contributed by atoms with Gasteiger partial charge in [0.1, 0.15) is 31.7 Å². The lowest BCUT2D eigenvalue weighted by Gasteiger charge is -2.18. The molecule has 2 atom stereocenters. The minimum atomic E-state index is -1.24. The number of nitrogens with zero attached hydrogens (tertiary/aromatic N) is 2. The largest absolute Gasteiger partial charge is 0.475 e. The molecule has 0 spiro atoms. The van der Waals surface area contributed by atoms with Crippen molar-refractivity contribution in [1.82, 2.24) is 0 Å². The molecule has 0 radical (unpaired) electrons. The van der Waals surface area contributed by atoms with Crippen molar-refractivity contribution in [3.63, 3.8) is 0 Å². The van der Waals surface area contributed by atoms with Crippen molar-refractivity contribution >= 4 is 40.9 Å². The van der Waals surface area contributed by atoms with Gasteiger partial charge in [-0.1, -0.05) is 11.6 Å². The molecule has 0 saturated heterocycles. The molecule has 3 aromatic rings. The van der Waals surface area contributed by atoms with Crippen molar-refractivity contribution in [3.05, 3.63) is 109 Å². The van der Waals surface area contributed by atoms with Gasteiger partial charge in [0.2, 0.25) is 6.10 Å². The van der Waals surface area contributed by atoms with E-state index in [1.165, 1.54) is 36.4 Å². The number of halogens is 1. The number of carbonyl (C=O) groups is 3. The summed E-state index contributed by atoms with van der Waals surface area (Å²) in [5.41, 5.74) is 0.308. The minimum Gasteiger partial charge on any atom is -0.475 e. The van der Waals surface area contributed by atoms with Crippen LogP contribution in [0.25, 0.3) is 0 Å². The van der Waals surface area contributed by atoms with Crippen molar-refractivity contribution in [1.29, 1.82) is 0 Å². The number of nitro benzene ring substituents is 2. The Morgan fingerprint density at radius 1 is 0.738 bits per heavy atom. The quantitative estimate of drug-likeness (QED) is 0.0948. The van der Waals surface area contributed by atoms with Crippen LogP contribution in [0.4, 0.5) is 11.4 Å². The third-order valence-electron chi connectivity index (χ3n) is 5.84. The van der Waals surface area contributed by atoms with E-state index in [1.54, 1.807) is 18.2 Å². The van der Waals surface area contributed by atoms with Crippen molar-refractivity contribution in [2.75, 3.05) is 26.4 Å². The zero-order chi connectivity index (χ0) is 30.2. The van der Waals surface area contributed by atoms with Crippen LogP contribution >= 0.6 is 11.6 Å². The number of fused-ring (bicyclic) bond motifs is 1. The zero-order valence-electron chi connectivity index (χ0n) is 21.5. The molecule has 1 aliphatic rings. The first-order valence-corrected chi connectivity index (χ1v) is 12.6. The second kappa shape index (κ2) is 13.5. The summed E-state index contributed by atoms with van der Waals surface area (Å²) < 4.78 is 26.9. The Bertz CT molecular complexity index is 1490. The monoisotopic (exact) mass is 600 g/mol. The van der Waals surface area contributed by atoms with Crippen molar-refractivity contribution < 1.29 is 47.9 Å². The average Bonchev–Trinajstić information content (AvgIpc) is 3.34. The number of esters is 3. The Hall–Kier alpha value is -5.08. The van der Waals surface area contributed by atoms with Gasteiger partial charge >= 0.3 is 17.9 Å². The van der Waals surface area contributed by atoms with Crippen LogP contribution in [-0.2, 0) is 23.7 Å². The van der Waals surface area contributed by atoms with E-state index in [4.69, 9.17) is 35.3 Å². The maximum absolute atomic E-state index is 12.8. The summed E-state index contributed by atoms with van der Waals surface area (Å²) >= 11 is 6.10. The topological polar surface area (TPSA) is 184 Å². The fraction of sp³-hybridized carbons (Fsp3) is 0.222. The number of hydrogen-bond donors (Lipinski definition) is 0. The molecule has 1 aliphatic heterocycles. The molecule has 15 heteroatoms. The number of rotatable bonds is 12. The van der Waals surface area contributed by atoms with Gasteiger partial charge in [-0.25, -0.2) is 14.4 Å². The van der Waals surface area contributed by atoms with Gasteiger partial charge in [-0.2, -0.15) is 0 Å². The molecule has 218 valence electrons. The van der Waals surface area contributed by atoms with Crippen LogP contribution < -0.4 is 4.74 Å². The van der Waals surface area contributed by atoms with Gasteiger partial charge in [-0.15, -0.1) is 0 Å². The maximum Gasteiger partial charge on any atom is 0.350 e. The highest BCUT2D eigenvalue weighted by atomic mass is 35.5. The molecule has 4 rings (SSSR count). The van der Waals surface area contributed by atoms with Crippen LogP contribution in [0.15, 0.2) is 66.7 Å². The smallest absolute Gasteiger partial charge is 0.350 e. The predicted octanol–water partition coefficient (Wildman–Crippen LogP) is 4.23. The normalized spacial score (nSPS) is 15.2. The SMILES string of the molecule is O=C(OCCOC(=O)C1Oc2ccc(Cl)cc2C1OCCOC(=O)c1ccc([N+](=O)[O-])cc1)c1ccc([N+](=O)[O-])cc1. The summed E-state index contributed by atoms with van der Waals surface area (Å²) in [7, 11) is 0. The molecule has 0 aromatic heterocycles. The number of nitro groups is 2. The van der Waals surface area contributed by atoms with E-state index >= 15 is 0 Å². The van der Waals surface area contributed by atoms with Crippen LogP contribution in [0.3, 0.4) is 0 Å². The van der Waals surface area contributed by atoms with Gasteiger partial charge in [0.15, 0.2) is 0 Å². The molecule has 0 bridgehead atoms. The number of ether oxygens (including phenoxy) is 5. The summed E-state index contributed by atoms with van der Waals surface area (Å²) in [5.74, 6) is -1.97. The summed E-state index contributed by atoms with van der Waals surface area (Å²) in [6, 6.07) is 14.4. The molecule has 0 fully saturated rings. The lowest BCUT2D eigenvalue weighted by molar-refractivity contribution is -0.385. The molecule has 42 heavy (non-hydrogen) atoms. The fourth-order valence-electron chi connectivity index (χ4n) is 3.83. The van der Waals surface area contributed by atoms with Gasteiger partial charge in [0.05, 0.1) is 27.6 Å². The molecule has 0 N–H and O–H groups in total. The van der Waals surface area contributed by atoms with Gasteiger partial charge in [0, 0.05) is 34.9 Å². The van der Waals surface area contributed by atoms with Gasteiger partial charge in [-0.05, 0) is 42.5 Å². The van der Waals surface area contributed by atoms with Crippen molar-refractivity contribution in [2.45, 2.75) is 12.2 Å². The highest BCUT2D eigenvalue weighted by Gasteiger charge is 2.41. The number of hydrogen-bond acceptors (Lipinski definition) is 12. The molecule has 0 saturated carbocycles. The lowest BCUT2D eigenvalue weighted by Crippen LogP contribution is -2.33. The van der Waals surface area contributed by atoms with Crippen LogP contribution in [0.1, 0.15) is 32.4 Å². The maximum atomic E-state index is 12.8. The van der Waals surface area contributed by atoms with E-state index in [0.29, 0.717) is 16.3 Å². The van der Waals surface area contributed by atoms with Gasteiger partial charge in [-0.3, -0.25) is 20.2 Å². The van der Waals surface area contributed by atoms with E-state index in [0.717, 1.165) is 12.1 Å². The molecule has 3 aromatic carbocycles. The molecular weight excluding hydrogens is 580 g/mol. The summed E-state index contributed by atoms with van der Waals surface area (Å²) in [6.07, 6.45) is -2.21. The van der Waals surface area contributed by atoms with E-state index in [2.05, 4.69) is 0 Å². The molecule has 0 aliphatic carbocycles. The summed E-state index contributed by atoms with van der Waals surface area (Å²) in [6.45, 7) is -0.955. The standard InChI is InChI=1S/C27H21ClN2O12/c28-18-5-10-22-21(15-18)23(38-11-12-39-25(31)16-1-6-19(7-2-16)29(34)35)24(42-22)27(33)41-14-13-40-26(32)17-3-8-20(9-4-17)30(36)37/h1-10,15,23-24H,11-14H2. The van der Waals surface area contributed by atoms with Crippen LogP contribution in [0.5, 0.6) is 5.75 Å². The second-order valence-corrected chi connectivity index (χ2v) is 9.00. The number of benzene rings is 3. The first kappa shape index (κ1) is 29.9. The number of carbonyl (C=O) groups excluding carboxylic acids is 3. The van der Waals surface area contributed by atoms with E-state index < -0.39 is 40.0 Å². The second-order valence-electron chi connectivity index (χ2n) is 8.56. The molecule has 2 unspecified atom stereocenters. The Morgan fingerprint density at radius 2 is 1.24 bits per heavy atom. The zero-order valence-corrected chi connectivity index (χ0v) is 22.3. The van der Waals surface area contributed by atoms with Crippen molar-refractivity contribution in [2.24, 2.45) is 0 Å². The lowest BCUT2D eigenvalue weighted by atomic mass is 10.1. The van der Waals surface area contributed by atoms with Crippen LogP contribution in [0, 0.1) is 20.2 Å². The molecule has 14 nitrogen and oxygen atoms in total. The Labute approximate surface area is 241 Å². The summed E-state index contributed by atoms with van der Waals surface area (Å²) in [5, 5.41) is 21.9. The minimum absolute atomic E-state index is 0.0844. The predicted molar refractivity (Wildman–Crippen MR) is 142 cm³/mol. The number of non-ortho nitro benzene ring substituents is 2. The molecule has 1 heterocycles. The molecule has 0 amide bonds. The van der Waals surface area contributed by atoms with Crippen LogP contribution in [-0.4, -0.2) is 60.3 Å². The Balaban J connectivity index is 1.28. The third-order valence-corrected chi connectivity index (χ3v) is 6.08. The van der Waals surface area contributed by atoms with Crippen molar-refractivity contribution in [3.8, 4) is 5.75 Å². The van der Waals surface area contributed by atoms with Gasteiger partial charge < -0.3 is 23.7 Å². The van der Waals surface area contributed by atoms with Gasteiger partial charge in [0.25, 0.3) is 11.4 Å². The first-order valence-electron chi connectivity index (χ1n) is 12.2. The van der Waals surface area contributed by atoms with Crippen LogP contribution in [0.2, 0.25) is 5.02 Å². The summed E-state index contributed by atoms with van der Waals surface area (Å²) in [4.78, 5) is 57.5. The van der Waals surface area contributed by atoms with E-state index in [-0.39, 0.29) is 48.9 Å². The molecular formula is C27H21ClN2O12. The Kier molecular flexibility index (Phi) is 9.62. The average molecular weight is 601 g/mol.